The molecule has 0 aliphatic heterocycles. The van der Waals surface area contributed by atoms with Gasteiger partial charge < -0.3 is 13.9 Å². The van der Waals surface area contributed by atoms with Crippen molar-refractivity contribution in [3.05, 3.63) is 48.5 Å². The Morgan fingerprint density at radius 3 is 2.94 bits per heavy atom. The Hall–Kier alpha value is -2.56. The van der Waals surface area contributed by atoms with E-state index in [0.717, 1.165) is 0 Å². The van der Waals surface area contributed by atoms with Crippen molar-refractivity contribution in [2.24, 2.45) is 0 Å². The molecule has 0 amide bonds. The maximum Gasteiger partial charge on any atom is 0.339 e. The lowest BCUT2D eigenvalue weighted by Crippen LogP contribution is -1.99. The molecule has 3 heterocycles. The highest BCUT2D eigenvalue weighted by molar-refractivity contribution is 5.94. The minimum absolute atomic E-state index is 0.172. The topological polar surface area (TPSA) is 67.7 Å². The van der Waals surface area contributed by atoms with Gasteiger partial charge in [-0.25, -0.2) is 9.78 Å². The molecule has 17 heavy (non-hydrogen) atoms. The first kappa shape index (κ1) is 9.65. The molecule has 0 aromatic carbocycles. The quantitative estimate of drug-likeness (QED) is 0.730. The predicted molar refractivity (Wildman–Crippen MR) is 59.9 cm³/mol. The van der Waals surface area contributed by atoms with Crippen molar-refractivity contribution in [2.75, 3.05) is 0 Å². The van der Waals surface area contributed by atoms with E-state index in [2.05, 4.69) is 4.98 Å². The van der Waals surface area contributed by atoms with Crippen molar-refractivity contribution >= 4 is 11.6 Å². The van der Waals surface area contributed by atoms with Crippen LogP contribution in [-0.4, -0.2) is 20.5 Å². The van der Waals surface area contributed by atoms with Crippen LogP contribution in [0.2, 0.25) is 0 Å². The molecule has 84 valence electrons. The van der Waals surface area contributed by atoms with Gasteiger partial charge in [0.1, 0.15) is 11.3 Å². The molecule has 3 aromatic heterocycles. The molecule has 0 aliphatic rings. The van der Waals surface area contributed by atoms with E-state index >= 15 is 0 Å². The lowest BCUT2D eigenvalue weighted by molar-refractivity contribution is 0.0698. The third-order valence-electron chi connectivity index (χ3n) is 2.49. The van der Waals surface area contributed by atoms with Crippen LogP contribution < -0.4 is 0 Å². The zero-order valence-electron chi connectivity index (χ0n) is 8.70. The normalized spacial score (nSPS) is 10.8. The fourth-order valence-electron chi connectivity index (χ4n) is 1.72. The number of pyridine rings is 1. The van der Waals surface area contributed by atoms with Gasteiger partial charge in [-0.2, -0.15) is 0 Å². The van der Waals surface area contributed by atoms with Crippen molar-refractivity contribution in [2.45, 2.75) is 0 Å². The number of hydrogen-bond acceptors (Lipinski definition) is 3. The molecule has 5 heteroatoms. The van der Waals surface area contributed by atoms with Gasteiger partial charge in [-0.15, -0.1) is 0 Å². The molecule has 0 atom stereocenters. The van der Waals surface area contributed by atoms with Crippen LogP contribution in [-0.2, 0) is 0 Å². The van der Waals surface area contributed by atoms with Gasteiger partial charge in [-0.05, 0) is 24.3 Å². The number of aromatic carboxylic acids is 1. The second-order valence-corrected chi connectivity index (χ2v) is 3.56. The zero-order valence-corrected chi connectivity index (χ0v) is 8.70. The number of aromatic nitrogens is 2. The smallest absolute Gasteiger partial charge is 0.339 e. The summed E-state index contributed by atoms with van der Waals surface area (Å²) < 4.78 is 6.89. The Balaban J connectivity index is 2.26. The zero-order chi connectivity index (χ0) is 11.8. The second-order valence-electron chi connectivity index (χ2n) is 3.56. The Labute approximate surface area is 95.9 Å². The number of nitrogens with zero attached hydrogens (tertiary/aromatic N) is 2. The van der Waals surface area contributed by atoms with E-state index in [4.69, 9.17) is 9.52 Å². The minimum atomic E-state index is -0.993. The Morgan fingerprint density at radius 2 is 2.24 bits per heavy atom. The molecular weight excluding hydrogens is 220 g/mol. The van der Waals surface area contributed by atoms with Gasteiger partial charge in [0.2, 0.25) is 0 Å². The number of hydrogen-bond donors (Lipinski definition) is 1. The first-order valence-electron chi connectivity index (χ1n) is 5.00. The number of carboxylic acid groups (broad SMARTS) is 1. The molecule has 0 aliphatic carbocycles. The van der Waals surface area contributed by atoms with Crippen molar-refractivity contribution in [1.29, 1.82) is 0 Å². The summed E-state index contributed by atoms with van der Waals surface area (Å²) in [6.45, 7) is 0. The molecular formula is C12H8N2O3. The molecule has 1 N–H and O–H groups in total. The fraction of sp³-hybridized carbons (Fsp3) is 0. The Morgan fingerprint density at radius 1 is 1.35 bits per heavy atom. The lowest BCUT2D eigenvalue weighted by Gasteiger charge is -1.96. The molecule has 5 nitrogen and oxygen atoms in total. The summed E-state index contributed by atoms with van der Waals surface area (Å²) in [4.78, 5) is 15.3. The van der Waals surface area contributed by atoms with Crippen molar-refractivity contribution in [1.82, 2.24) is 9.38 Å². The highest BCUT2D eigenvalue weighted by Gasteiger charge is 2.13. The molecule has 0 fully saturated rings. The van der Waals surface area contributed by atoms with Crippen LogP contribution in [0.3, 0.4) is 0 Å². The van der Waals surface area contributed by atoms with E-state index in [1.807, 2.05) is 0 Å². The Bertz CT molecular complexity index is 683. The predicted octanol–water partition coefficient (Wildman–Crippen LogP) is 2.29. The van der Waals surface area contributed by atoms with E-state index < -0.39 is 5.97 Å². The van der Waals surface area contributed by atoms with E-state index in [1.54, 1.807) is 41.3 Å². The fourth-order valence-corrected chi connectivity index (χ4v) is 1.72. The van der Waals surface area contributed by atoms with Crippen molar-refractivity contribution < 1.29 is 14.3 Å². The van der Waals surface area contributed by atoms with Crippen LogP contribution in [0.4, 0.5) is 0 Å². The average molecular weight is 228 g/mol. The lowest BCUT2D eigenvalue weighted by atomic mass is 10.3. The molecule has 3 aromatic rings. The molecule has 0 saturated carbocycles. The van der Waals surface area contributed by atoms with Gasteiger partial charge >= 0.3 is 5.97 Å². The number of carbonyl (C=O) groups is 1. The summed E-state index contributed by atoms with van der Waals surface area (Å²) in [5.74, 6) is -0.378. The van der Waals surface area contributed by atoms with Crippen LogP contribution in [0.1, 0.15) is 10.4 Å². The number of fused-ring (bicyclic) bond motifs is 1. The van der Waals surface area contributed by atoms with Crippen LogP contribution in [0, 0.1) is 0 Å². The number of carboxylic acids is 1. The van der Waals surface area contributed by atoms with Gasteiger partial charge in [0.05, 0.1) is 6.26 Å². The third kappa shape index (κ3) is 1.48. The maximum atomic E-state index is 11.0. The van der Waals surface area contributed by atoms with Gasteiger partial charge in [0.15, 0.2) is 11.4 Å². The first-order valence-corrected chi connectivity index (χ1v) is 5.00. The largest absolute Gasteiger partial charge is 0.478 e. The summed E-state index contributed by atoms with van der Waals surface area (Å²) in [6, 6.07) is 6.74. The van der Waals surface area contributed by atoms with E-state index in [-0.39, 0.29) is 5.56 Å². The summed E-state index contributed by atoms with van der Waals surface area (Å²) in [5, 5.41) is 9.05. The van der Waals surface area contributed by atoms with E-state index in [0.29, 0.717) is 17.1 Å². The third-order valence-corrected chi connectivity index (χ3v) is 2.49. The monoisotopic (exact) mass is 228 g/mol. The van der Waals surface area contributed by atoms with Gasteiger partial charge in [-0.3, -0.25) is 0 Å². The summed E-state index contributed by atoms with van der Waals surface area (Å²) in [7, 11) is 0. The number of furan rings is 1. The number of imidazole rings is 1. The number of rotatable bonds is 2. The standard InChI is InChI=1S/C12H8N2O3/c15-12(16)8-3-1-5-14-7-9(13-11(8)14)10-4-2-6-17-10/h1-7H,(H,15,16). The molecule has 0 spiro atoms. The molecule has 0 unspecified atom stereocenters. The minimum Gasteiger partial charge on any atom is -0.478 e. The van der Waals surface area contributed by atoms with Crippen molar-refractivity contribution in [3.8, 4) is 11.5 Å². The van der Waals surface area contributed by atoms with Gasteiger partial charge in [0, 0.05) is 12.4 Å². The summed E-state index contributed by atoms with van der Waals surface area (Å²) >= 11 is 0. The van der Waals surface area contributed by atoms with Crippen LogP contribution in [0.15, 0.2) is 47.3 Å². The Kier molecular flexibility index (Phi) is 1.98. The maximum absolute atomic E-state index is 11.0. The van der Waals surface area contributed by atoms with Crippen LogP contribution >= 0.6 is 0 Å². The van der Waals surface area contributed by atoms with Crippen LogP contribution in [0.5, 0.6) is 0 Å². The van der Waals surface area contributed by atoms with Gasteiger partial charge in [-0.1, -0.05) is 0 Å². The molecule has 0 radical (unpaired) electrons. The van der Waals surface area contributed by atoms with E-state index in [9.17, 15) is 4.79 Å². The summed E-state index contributed by atoms with van der Waals surface area (Å²) in [5.41, 5.74) is 1.19. The molecule has 0 bridgehead atoms. The highest BCUT2D eigenvalue weighted by Crippen LogP contribution is 2.20. The molecule has 3 rings (SSSR count). The first-order chi connectivity index (χ1) is 8.25. The van der Waals surface area contributed by atoms with Crippen molar-refractivity contribution in [3.63, 3.8) is 0 Å². The molecule has 0 saturated heterocycles. The average Bonchev–Trinajstić information content (AvgIpc) is 2.96. The van der Waals surface area contributed by atoms with E-state index in [1.165, 1.54) is 6.07 Å². The SMILES string of the molecule is O=C(O)c1cccn2cc(-c3ccco3)nc12. The second kappa shape index (κ2) is 3.48. The summed E-state index contributed by atoms with van der Waals surface area (Å²) in [6.07, 6.45) is 5.04. The highest BCUT2D eigenvalue weighted by atomic mass is 16.4. The van der Waals surface area contributed by atoms with Gasteiger partial charge in [0.25, 0.3) is 0 Å². The van der Waals surface area contributed by atoms with Crippen LogP contribution in [0.25, 0.3) is 17.1 Å².